The van der Waals surface area contributed by atoms with Crippen LogP contribution in [0, 0.1) is 5.82 Å². The largest absolute Gasteiger partial charge is 0.497 e. The molecule has 0 saturated carbocycles. The first kappa shape index (κ1) is 19.7. The minimum Gasteiger partial charge on any atom is -0.497 e. The molecule has 0 aliphatic heterocycles. The summed E-state index contributed by atoms with van der Waals surface area (Å²) in [6, 6.07) is 8.41. The van der Waals surface area contributed by atoms with Crippen molar-refractivity contribution in [2.45, 2.75) is 13.0 Å². The number of halogens is 2. The number of ether oxygens (including phenoxy) is 1. The molecule has 0 aliphatic rings. The predicted molar refractivity (Wildman–Crippen MR) is 108 cm³/mol. The SMILES string of the molecule is COc1ccc2c(C(C)N(C)C(=O)Nc3ccc(F)c(Cl)c3)c[nH]c(=O)c2c1. The van der Waals surface area contributed by atoms with Crippen LogP contribution in [0.1, 0.15) is 18.5 Å². The minimum atomic E-state index is -0.559. The van der Waals surface area contributed by atoms with Gasteiger partial charge in [0.05, 0.1) is 23.6 Å². The Bertz CT molecular complexity index is 1100. The van der Waals surface area contributed by atoms with Crippen molar-refractivity contribution in [3.05, 3.63) is 69.4 Å². The summed E-state index contributed by atoms with van der Waals surface area (Å²) >= 11 is 5.76. The highest BCUT2D eigenvalue weighted by molar-refractivity contribution is 6.31. The Labute approximate surface area is 165 Å². The van der Waals surface area contributed by atoms with Gasteiger partial charge in [-0.1, -0.05) is 17.7 Å². The summed E-state index contributed by atoms with van der Waals surface area (Å²) in [5.41, 5.74) is 0.913. The second-order valence-corrected chi connectivity index (χ2v) is 6.74. The normalized spacial score (nSPS) is 11.9. The number of H-pyrrole nitrogens is 1. The van der Waals surface area contributed by atoms with Crippen LogP contribution in [-0.4, -0.2) is 30.1 Å². The van der Waals surface area contributed by atoms with Gasteiger partial charge in [0, 0.05) is 18.9 Å². The number of carbonyl (C=O) groups excluding carboxylic acids is 1. The maximum absolute atomic E-state index is 13.3. The fourth-order valence-corrected chi connectivity index (χ4v) is 3.08. The molecule has 1 unspecified atom stereocenters. The number of urea groups is 1. The number of aromatic nitrogens is 1. The first-order valence-corrected chi connectivity index (χ1v) is 8.88. The van der Waals surface area contributed by atoms with Crippen LogP contribution in [0.3, 0.4) is 0 Å². The number of aromatic amines is 1. The van der Waals surface area contributed by atoms with E-state index in [2.05, 4.69) is 10.3 Å². The topological polar surface area (TPSA) is 74.4 Å². The summed E-state index contributed by atoms with van der Waals surface area (Å²) in [6.45, 7) is 1.84. The van der Waals surface area contributed by atoms with Gasteiger partial charge in [0.15, 0.2) is 0 Å². The van der Waals surface area contributed by atoms with Crippen molar-refractivity contribution in [3.8, 4) is 5.75 Å². The molecule has 1 atom stereocenters. The Hall–Kier alpha value is -3.06. The van der Waals surface area contributed by atoms with Crippen LogP contribution in [0.5, 0.6) is 5.75 Å². The number of methoxy groups -OCH3 is 1. The minimum absolute atomic E-state index is 0.0749. The van der Waals surface area contributed by atoms with Crippen molar-refractivity contribution in [1.29, 1.82) is 0 Å². The number of nitrogens with one attached hydrogen (secondary N) is 2. The van der Waals surface area contributed by atoms with Gasteiger partial charge in [0.2, 0.25) is 0 Å². The number of hydrogen-bond donors (Lipinski definition) is 2. The maximum atomic E-state index is 13.3. The Morgan fingerprint density at radius 3 is 2.68 bits per heavy atom. The van der Waals surface area contributed by atoms with Crippen molar-refractivity contribution in [3.63, 3.8) is 0 Å². The van der Waals surface area contributed by atoms with Gasteiger partial charge in [-0.05, 0) is 48.2 Å². The standard InChI is InChI=1S/C20H19ClFN3O3/c1-11(25(2)20(27)24-12-4-7-18(22)17(21)8-12)16-10-23-19(26)15-9-13(28-3)5-6-14(15)16/h4-11H,1-3H3,(H,23,26)(H,24,27). The summed E-state index contributed by atoms with van der Waals surface area (Å²) in [5.74, 6) is 0.0126. The van der Waals surface area contributed by atoms with Crippen molar-refractivity contribution < 1.29 is 13.9 Å². The van der Waals surface area contributed by atoms with Gasteiger partial charge in [0.1, 0.15) is 11.6 Å². The zero-order valence-corrected chi connectivity index (χ0v) is 16.3. The average molecular weight is 404 g/mol. The van der Waals surface area contributed by atoms with Gasteiger partial charge in [-0.3, -0.25) is 4.79 Å². The van der Waals surface area contributed by atoms with Crippen LogP contribution in [-0.2, 0) is 0 Å². The van der Waals surface area contributed by atoms with E-state index in [0.717, 1.165) is 10.9 Å². The van der Waals surface area contributed by atoms with Gasteiger partial charge in [0.25, 0.3) is 5.56 Å². The van der Waals surface area contributed by atoms with Crippen molar-refractivity contribution in [2.75, 3.05) is 19.5 Å². The molecule has 0 fully saturated rings. The molecule has 28 heavy (non-hydrogen) atoms. The summed E-state index contributed by atoms with van der Waals surface area (Å²) in [7, 11) is 3.16. The highest BCUT2D eigenvalue weighted by Crippen LogP contribution is 2.28. The summed E-state index contributed by atoms with van der Waals surface area (Å²) in [5, 5.41) is 3.81. The third-order valence-electron chi connectivity index (χ3n) is 4.66. The van der Waals surface area contributed by atoms with Crippen LogP contribution in [0.2, 0.25) is 5.02 Å². The average Bonchev–Trinajstić information content (AvgIpc) is 2.69. The quantitative estimate of drug-likeness (QED) is 0.670. The summed E-state index contributed by atoms with van der Waals surface area (Å²) < 4.78 is 18.5. The number of anilines is 1. The van der Waals surface area contributed by atoms with E-state index in [1.165, 1.54) is 30.2 Å². The van der Waals surface area contributed by atoms with Crippen molar-refractivity contribution in [2.24, 2.45) is 0 Å². The van der Waals surface area contributed by atoms with E-state index < -0.39 is 11.8 Å². The third-order valence-corrected chi connectivity index (χ3v) is 4.95. The van der Waals surface area contributed by atoms with E-state index in [0.29, 0.717) is 16.8 Å². The zero-order valence-electron chi connectivity index (χ0n) is 15.5. The second-order valence-electron chi connectivity index (χ2n) is 6.33. The lowest BCUT2D eigenvalue weighted by molar-refractivity contribution is 0.208. The lowest BCUT2D eigenvalue weighted by Crippen LogP contribution is -2.34. The van der Waals surface area contributed by atoms with Crippen LogP contribution in [0.25, 0.3) is 10.8 Å². The highest BCUT2D eigenvalue weighted by atomic mass is 35.5. The molecular formula is C20H19ClFN3O3. The Morgan fingerprint density at radius 1 is 1.25 bits per heavy atom. The molecule has 0 radical (unpaired) electrons. The molecule has 0 aliphatic carbocycles. The van der Waals surface area contributed by atoms with Crippen molar-refractivity contribution in [1.82, 2.24) is 9.88 Å². The molecule has 146 valence electrons. The van der Waals surface area contributed by atoms with Crippen LogP contribution < -0.4 is 15.6 Å². The van der Waals surface area contributed by atoms with E-state index in [-0.39, 0.29) is 16.6 Å². The predicted octanol–water partition coefficient (Wildman–Crippen LogP) is 4.55. The molecule has 1 heterocycles. The number of benzene rings is 2. The molecule has 0 saturated heterocycles. The molecule has 8 heteroatoms. The molecule has 1 aromatic heterocycles. The van der Waals surface area contributed by atoms with Crippen LogP contribution in [0.4, 0.5) is 14.9 Å². The van der Waals surface area contributed by atoms with Gasteiger partial charge in [-0.25, -0.2) is 9.18 Å². The van der Waals surface area contributed by atoms with E-state index in [1.54, 1.807) is 31.4 Å². The lowest BCUT2D eigenvalue weighted by atomic mass is 10.0. The number of amides is 2. The molecule has 6 nitrogen and oxygen atoms in total. The molecule has 2 N–H and O–H groups in total. The lowest BCUT2D eigenvalue weighted by Gasteiger charge is -2.26. The summed E-state index contributed by atoms with van der Waals surface area (Å²) in [6.07, 6.45) is 1.60. The first-order chi connectivity index (χ1) is 13.3. The molecule has 2 aromatic carbocycles. The monoisotopic (exact) mass is 403 g/mol. The zero-order chi connectivity index (χ0) is 20.4. The number of pyridine rings is 1. The molecule has 3 aromatic rings. The Balaban J connectivity index is 1.89. The van der Waals surface area contributed by atoms with E-state index >= 15 is 0 Å². The summed E-state index contributed by atoms with van der Waals surface area (Å²) in [4.78, 5) is 29.0. The smallest absolute Gasteiger partial charge is 0.322 e. The third kappa shape index (κ3) is 3.80. The fourth-order valence-electron chi connectivity index (χ4n) is 2.90. The Kier molecular flexibility index (Phi) is 5.56. The molecule has 3 rings (SSSR count). The van der Waals surface area contributed by atoms with E-state index in [4.69, 9.17) is 16.3 Å². The number of nitrogens with zero attached hydrogens (tertiary/aromatic N) is 1. The van der Waals surface area contributed by atoms with Crippen LogP contribution >= 0.6 is 11.6 Å². The molecule has 2 amide bonds. The molecular weight excluding hydrogens is 385 g/mol. The number of hydrogen-bond acceptors (Lipinski definition) is 3. The highest BCUT2D eigenvalue weighted by Gasteiger charge is 2.21. The van der Waals surface area contributed by atoms with Crippen molar-refractivity contribution >= 4 is 34.1 Å². The number of rotatable bonds is 4. The van der Waals surface area contributed by atoms with E-state index in [1.807, 2.05) is 6.92 Å². The number of carbonyl (C=O) groups is 1. The van der Waals surface area contributed by atoms with E-state index in [9.17, 15) is 14.0 Å². The fraction of sp³-hybridized carbons (Fsp3) is 0.200. The Morgan fingerprint density at radius 2 is 2.00 bits per heavy atom. The van der Waals surface area contributed by atoms with Gasteiger partial charge in [-0.2, -0.15) is 0 Å². The van der Waals surface area contributed by atoms with Gasteiger partial charge in [-0.15, -0.1) is 0 Å². The van der Waals surface area contributed by atoms with Crippen LogP contribution in [0.15, 0.2) is 47.4 Å². The first-order valence-electron chi connectivity index (χ1n) is 8.50. The maximum Gasteiger partial charge on any atom is 0.322 e. The number of fused-ring (bicyclic) bond motifs is 1. The molecule has 0 bridgehead atoms. The molecule has 0 spiro atoms. The van der Waals surface area contributed by atoms with Gasteiger partial charge >= 0.3 is 6.03 Å². The van der Waals surface area contributed by atoms with Gasteiger partial charge < -0.3 is 19.9 Å². The second kappa shape index (κ2) is 7.90.